The molecular weight excluding hydrogens is 259 g/mol. The molecule has 0 saturated carbocycles. The lowest BCUT2D eigenvalue weighted by atomic mass is 10.0. The highest BCUT2D eigenvalue weighted by molar-refractivity contribution is 5.34. The van der Waals surface area contributed by atoms with Gasteiger partial charge in [0.05, 0.1) is 6.20 Å². The highest BCUT2D eigenvalue weighted by atomic mass is 19.3. The molecule has 0 saturated heterocycles. The second-order valence-electron chi connectivity index (χ2n) is 3.79. The second kappa shape index (κ2) is 5.71. The Morgan fingerprint density at radius 3 is 2.58 bits per heavy atom. The van der Waals surface area contributed by atoms with Crippen LogP contribution < -0.4 is 4.74 Å². The van der Waals surface area contributed by atoms with E-state index in [0.29, 0.717) is 5.56 Å². The van der Waals surface area contributed by atoms with E-state index in [4.69, 9.17) is 0 Å². The van der Waals surface area contributed by atoms with Gasteiger partial charge < -0.3 is 9.84 Å². The number of ether oxygens (including phenoxy) is 1. The van der Waals surface area contributed by atoms with Gasteiger partial charge in [0, 0.05) is 11.8 Å². The zero-order valence-electron chi connectivity index (χ0n) is 9.63. The fourth-order valence-electron chi connectivity index (χ4n) is 1.63. The second-order valence-corrected chi connectivity index (χ2v) is 3.79. The van der Waals surface area contributed by atoms with E-state index in [1.807, 2.05) is 0 Å². The Bertz CT molecular complexity index is 563. The number of rotatable bonds is 4. The minimum Gasteiger partial charge on any atom is -0.435 e. The number of aliphatic hydroxyl groups is 1. The Hall–Kier alpha value is -2.08. The van der Waals surface area contributed by atoms with E-state index in [1.165, 1.54) is 30.5 Å². The SMILES string of the molecule is OC(c1cncc(F)c1)c1cccc(OC(F)F)c1. The first kappa shape index (κ1) is 13.4. The molecule has 0 radical (unpaired) electrons. The van der Waals surface area contributed by atoms with Gasteiger partial charge in [0.1, 0.15) is 17.7 Å². The molecule has 0 aliphatic heterocycles. The first-order valence-corrected chi connectivity index (χ1v) is 5.39. The zero-order chi connectivity index (χ0) is 13.8. The Labute approximate surface area is 107 Å². The molecule has 100 valence electrons. The van der Waals surface area contributed by atoms with Gasteiger partial charge in [-0.25, -0.2) is 4.39 Å². The van der Waals surface area contributed by atoms with Crippen LogP contribution in [0.3, 0.4) is 0 Å². The summed E-state index contributed by atoms with van der Waals surface area (Å²) in [5.74, 6) is -0.660. The van der Waals surface area contributed by atoms with E-state index in [0.717, 1.165) is 12.3 Å². The van der Waals surface area contributed by atoms with E-state index in [9.17, 15) is 18.3 Å². The molecule has 6 heteroatoms. The predicted octanol–water partition coefficient (Wildman–Crippen LogP) is 2.90. The number of aliphatic hydroxyl groups excluding tert-OH is 1. The Balaban J connectivity index is 2.26. The number of halogens is 3. The van der Waals surface area contributed by atoms with Gasteiger partial charge in [0.2, 0.25) is 0 Å². The topological polar surface area (TPSA) is 42.4 Å². The number of hydrogen-bond donors (Lipinski definition) is 1. The summed E-state index contributed by atoms with van der Waals surface area (Å²) in [4.78, 5) is 3.62. The minimum absolute atomic E-state index is 0.0732. The maximum Gasteiger partial charge on any atom is 0.387 e. The molecule has 2 aromatic rings. The van der Waals surface area contributed by atoms with Crippen LogP contribution in [0, 0.1) is 5.82 Å². The fraction of sp³-hybridized carbons (Fsp3) is 0.154. The number of hydrogen-bond acceptors (Lipinski definition) is 3. The lowest BCUT2D eigenvalue weighted by molar-refractivity contribution is -0.0499. The van der Waals surface area contributed by atoms with E-state index in [-0.39, 0.29) is 11.3 Å². The Morgan fingerprint density at radius 1 is 1.11 bits per heavy atom. The van der Waals surface area contributed by atoms with Crippen LogP contribution in [0.2, 0.25) is 0 Å². The first-order chi connectivity index (χ1) is 9.06. The molecule has 3 nitrogen and oxygen atoms in total. The van der Waals surface area contributed by atoms with Gasteiger partial charge in [-0.15, -0.1) is 0 Å². The molecule has 0 fully saturated rings. The van der Waals surface area contributed by atoms with Crippen molar-refractivity contribution in [3.63, 3.8) is 0 Å². The molecule has 1 aromatic heterocycles. The molecule has 19 heavy (non-hydrogen) atoms. The Morgan fingerprint density at radius 2 is 1.89 bits per heavy atom. The molecule has 0 aliphatic rings. The molecular formula is C13H10F3NO2. The molecule has 1 atom stereocenters. The largest absolute Gasteiger partial charge is 0.435 e. The molecule has 1 N–H and O–H groups in total. The molecule has 0 bridgehead atoms. The molecule has 1 aromatic carbocycles. The minimum atomic E-state index is -2.94. The maximum absolute atomic E-state index is 13.0. The van der Waals surface area contributed by atoms with E-state index in [1.54, 1.807) is 0 Å². The average Bonchev–Trinajstić information content (AvgIpc) is 2.37. The first-order valence-electron chi connectivity index (χ1n) is 5.39. The predicted molar refractivity (Wildman–Crippen MR) is 61.3 cm³/mol. The van der Waals surface area contributed by atoms with Crippen molar-refractivity contribution in [1.29, 1.82) is 0 Å². The van der Waals surface area contributed by atoms with Crippen LogP contribution in [0.15, 0.2) is 42.7 Å². The molecule has 0 spiro atoms. The van der Waals surface area contributed by atoms with Crippen LogP contribution in [0.4, 0.5) is 13.2 Å². The van der Waals surface area contributed by atoms with Gasteiger partial charge in [0.25, 0.3) is 0 Å². The monoisotopic (exact) mass is 269 g/mol. The Kier molecular flexibility index (Phi) is 4.01. The number of pyridine rings is 1. The van der Waals surface area contributed by atoms with Gasteiger partial charge in [-0.2, -0.15) is 8.78 Å². The van der Waals surface area contributed by atoms with Gasteiger partial charge in [-0.1, -0.05) is 12.1 Å². The molecule has 1 unspecified atom stereocenters. The summed E-state index contributed by atoms with van der Waals surface area (Å²) in [6, 6.07) is 6.71. The normalized spacial score (nSPS) is 12.5. The van der Waals surface area contributed by atoms with Crippen LogP contribution in [0.5, 0.6) is 5.75 Å². The van der Waals surface area contributed by atoms with E-state index in [2.05, 4.69) is 9.72 Å². The van der Waals surface area contributed by atoms with Gasteiger partial charge in [-0.3, -0.25) is 4.98 Å². The summed E-state index contributed by atoms with van der Waals surface area (Å²) in [6.07, 6.45) is 1.14. The standard InChI is InChI=1S/C13H10F3NO2/c14-10-4-9(6-17-7-10)12(18)8-2-1-3-11(5-8)19-13(15)16/h1-7,12-13,18H. The van der Waals surface area contributed by atoms with E-state index < -0.39 is 18.5 Å². The third kappa shape index (κ3) is 3.45. The quantitative estimate of drug-likeness (QED) is 0.928. The lowest BCUT2D eigenvalue weighted by Crippen LogP contribution is -2.04. The molecule has 1 heterocycles. The highest BCUT2D eigenvalue weighted by Gasteiger charge is 2.13. The van der Waals surface area contributed by atoms with Gasteiger partial charge in [0.15, 0.2) is 0 Å². The smallest absolute Gasteiger partial charge is 0.387 e. The highest BCUT2D eigenvalue weighted by Crippen LogP contribution is 2.25. The van der Waals surface area contributed by atoms with Crippen LogP contribution in [0.1, 0.15) is 17.2 Å². The number of benzene rings is 1. The maximum atomic E-state index is 13.0. The van der Waals surface area contributed by atoms with Crippen molar-refractivity contribution in [3.8, 4) is 5.75 Å². The van der Waals surface area contributed by atoms with Crippen LogP contribution in [-0.4, -0.2) is 16.7 Å². The van der Waals surface area contributed by atoms with Crippen molar-refractivity contribution in [3.05, 3.63) is 59.7 Å². The lowest BCUT2D eigenvalue weighted by Gasteiger charge is -2.12. The van der Waals surface area contributed by atoms with Crippen LogP contribution in [0.25, 0.3) is 0 Å². The van der Waals surface area contributed by atoms with Crippen molar-refractivity contribution >= 4 is 0 Å². The summed E-state index contributed by atoms with van der Waals surface area (Å²) in [5.41, 5.74) is 0.541. The average molecular weight is 269 g/mol. The fourth-order valence-corrected chi connectivity index (χ4v) is 1.63. The number of aromatic nitrogens is 1. The van der Waals surface area contributed by atoms with E-state index >= 15 is 0 Å². The van der Waals surface area contributed by atoms with Crippen molar-refractivity contribution in [2.75, 3.05) is 0 Å². The summed E-state index contributed by atoms with van der Waals surface area (Å²) in [5, 5.41) is 10.0. The summed E-state index contributed by atoms with van der Waals surface area (Å²) < 4.78 is 41.4. The van der Waals surface area contributed by atoms with Crippen molar-refractivity contribution < 1.29 is 23.0 Å². The summed E-state index contributed by atoms with van der Waals surface area (Å²) >= 11 is 0. The van der Waals surface area contributed by atoms with Crippen molar-refractivity contribution in [2.45, 2.75) is 12.7 Å². The zero-order valence-corrected chi connectivity index (χ0v) is 9.63. The van der Waals surface area contributed by atoms with Gasteiger partial charge in [-0.05, 0) is 23.8 Å². The van der Waals surface area contributed by atoms with Crippen LogP contribution >= 0.6 is 0 Å². The molecule has 0 aliphatic carbocycles. The third-order valence-electron chi connectivity index (χ3n) is 2.44. The molecule has 0 amide bonds. The van der Waals surface area contributed by atoms with Crippen LogP contribution in [-0.2, 0) is 0 Å². The molecule has 2 rings (SSSR count). The summed E-state index contributed by atoms with van der Waals surface area (Å²) in [7, 11) is 0. The summed E-state index contributed by atoms with van der Waals surface area (Å²) in [6.45, 7) is -2.94. The number of alkyl halides is 2. The van der Waals surface area contributed by atoms with Crippen molar-refractivity contribution in [2.24, 2.45) is 0 Å². The van der Waals surface area contributed by atoms with Gasteiger partial charge >= 0.3 is 6.61 Å². The third-order valence-corrected chi connectivity index (χ3v) is 2.44. The number of nitrogens with zero attached hydrogens (tertiary/aromatic N) is 1. The van der Waals surface area contributed by atoms with Crippen molar-refractivity contribution in [1.82, 2.24) is 4.98 Å².